The Balaban J connectivity index is 1.39. The molecule has 1 heteroatoms. The number of furan rings is 1. The number of benzene rings is 8. The maximum Gasteiger partial charge on any atom is 0.143 e. The third-order valence-electron chi connectivity index (χ3n) is 8.59. The molecule has 8 aromatic carbocycles. The first-order chi connectivity index (χ1) is 23.0. The molecule has 0 unspecified atom stereocenters. The molecule has 0 aliphatic heterocycles. The summed E-state index contributed by atoms with van der Waals surface area (Å²) in [5.41, 5.74) is 7.85. The van der Waals surface area contributed by atoms with Gasteiger partial charge in [-0.15, -0.1) is 0 Å². The highest BCUT2D eigenvalue weighted by Gasteiger charge is 2.21. The van der Waals surface area contributed by atoms with Crippen LogP contribution in [0.1, 0.15) is 5.48 Å². The number of fused-ring (bicyclic) bond motifs is 7. The van der Waals surface area contributed by atoms with Crippen molar-refractivity contribution in [3.8, 4) is 33.4 Å². The molecule has 0 aliphatic rings. The molecular weight excluding hydrogens is 520 g/mol. The molecule has 9 aromatic rings. The van der Waals surface area contributed by atoms with Gasteiger partial charge in [0, 0.05) is 16.2 Å². The van der Waals surface area contributed by atoms with E-state index in [0.29, 0.717) is 21.9 Å². The van der Waals surface area contributed by atoms with Gasteiger partial charge in [0.25, 0.3) is 0 Å². The van der Waals surface area contributed by atoms with Gasteiger partial charge in [-0.05, 0) is 72.4 Å². The van der Waals surface area contributed by atoms with Crippen molar-refractivity contribution in [2.45, 2.75) is 0 Å². The summed E-state index contributed by atoms with van der Waals surface area (Å²) in [4.78, 5) is 0. The van der Waals surface area contributed by atoms with Gasteiger partial charge in [-0.3, -0.25) is 0 Å². The van der Waals surface area contributed by atoms with Crippen molar-refractivity contribution in [2.75, 3.05) is 0 Å². The van der Waals surface area contributed by atoms with E-state index >= 15 is 0 Å². The normalized spacial score (nSPS) is 13.0. The lowest BCUT2D eigenvalue weighted by Gasteiger charge is -2.20. The maximum absolute atomic E-state index is 8.73. The van der Waals surface area contributed by atoms with E-state index in [4.69, 9.17) is 9.90 Å². The molecule has 0 atom stereocenters. The molecule has 1 heterocycles. The smallest absolute Gasteiger partial charge is 0.143 e. The molecule has 0 bridgehead atoms. The van der Waals surface area contributed by atoms with Crippen LogP contribution in [0.2, 0.25) is 0 Å². The Labute approximate surface area is 254 Å². The molecule has 0 N–H and O–H groups in total. The number of rotatable bonds is 3. The minimum Gasteiger partial charge on any atom is -0.455 e. The predicted octanol–water partition coefficient (Wildman–Crippen LogP) is 12.0. The second kappa shape index (κ2) is 9.44. The quantitative estimate of drug-likeness (QED) is 0.199. The van der Waals surface area contributed by atoms with Crippen LogP contribution in [0.25, 0.3) is 87.6 Å². The Hall–Kier alpha value is -5.66. The maximum atomic E-state index is 8.73. The predicted molar refractivity (Wildman–Crippen MR) is 183 cm³/mol. The lowest BCUT2D eigenvalue weighted by Crippen LogP contribution is -1.92. The minimum absolute atomic E-state index is 0.0633. The van der Waals surface area contributed by atoms with Crippen LogP contribution in [0.15, 0.2) is 162 Å². The van der Waals surface area contributed by atoms with Crippen molar-refractivity contribution in [2.24, 2.45) is 0 Å². The first kappa shape index (κ1) is 20.3. The van der Waals surface area contributed by atoms with Gasteiger partial charge in [0.1, 0.15) is 11.2 Å². The first-order valence-electron chi connectivity index (χ1n) is 16.5. The molecular formula is C42H26O. The molecule has 0 aliphatic carbocycles. The summed E-state index contributed by atoms with van der Waals surface area (Å²) in [6, 6.07) is 45.5. The van der Waals surface area contributed by atoms with Crippen LogP contribution in [0.3, 0.4) is 0 Å². The van der Waals surface area contributed by atoms with Crippen molar-refractivity contribution in [3.05, 3.63) is 158 Å². The summed E-state index contributed by atoms with van der Waals surface area (Å²) in [5, 5.41) is 7.30. The van der Waals surface area contributed by atoms with Gasteiger partial charge in [0.15, 0.2) is 0 Å². The highest BCUT2D eigenvalue weighted by molar-refractivity contribution is 6.24. The van der Waals surface area contributed by atoms with Crippen LogP contribution in [-0.2, 0) is 0 Å². The number of hydrogen-bond acceptors (Lipinski definition) is 1. The largest absolute Gasteiger partial charge is 0.455 e. The van der Waals surface area contributed by atoms with Crippen molar-refractivity contribution >= 4 is 54.3 Å². The lowest BCUT2D eigenvalue weighted by molar-refractivity contribution is 0.673. The Morgan fingerprint density at radius 1 is 0.419 bits per heavy atom. The van der Waals surface area contributed by atoms with Gasteiger partial charge < -0.3 is 4.42 Å². The van der Waals surface area contributed by atoms with Crippen molar-refractivity contribution in [3.63, 3.8) is 0 Å². The Morgan fingerprint density at radius 2 is 1.02 bits per heavy atom. The summed E-state index contributed by atoms with van der Waals surface area (Å²) in [5.74, 6) is 0. The molecule has 43 heavy (non-hydrogen) atoms. The van der Waals surface area contributed by atoms with E-state index in [-0.39, 0.29) is 24.2 Å². The molecule has 0 radical (unpaired) electrons. The van der Waals surface area contributed by atoms with Gasteiger partial charge in [-0.2, -0.15) is 0 Å². The average molecular weight is 551 g/mol. The lowest BCUT2D eigenvalue weighted by atomic mass is 9.83. The van der Waals surface area contributed by atoms with Crippen LogP contribution >= 0.6 is 0 Å². The van der Waals surface area contributed by atoms with E-state index in [9.17, 15) is 0 Å². The fourth-order valence-corrected chi connectivity index (χ4v) is 6.80. The summed E-state index contributed by atoms with van der Waals surface area (Å²) in [6.07, 6.45) is 0. The van der Waals surface area contributed by atoms with Crippen LogP contribution in [0.4, 0.5) is 0 Å². The van der Waals surface area contributed by atoms with E-state index in [2.05, 4.69) is 109 Å². The van der Waals surface area contributed by atoms with Crippen molar-refractivity contribution < 1.29 is 9.90 Å². The average Bonchev–Trinajstić information content (AvgIpc) is 3.51. The summed E-state index contributed by atoms with van der Waals surface area (Å²) in [6.45, 7) is 0. The Bertz CT molecular complexity index is 2670. The zero-order chi connectivity index (χ0) is 31.8. The van der Waals surface area contributed by atoms with Crippen LogP contribution in [0, 0.1) is 0 Å². The molecule has 0 amide bonds. The third kappa shape index (κ3) is 3.58. The molecule has 0 spiro atoms. The zero-order valence-corrected chi connectivity index (χ0v) is 23.1. The van der Waals surface area contributed by atoms with Gasteiger partial charge in [0.05, 0.1) is 5.48 Å². The summed E-state index contributed by atoms with van der Waals surface area (Å²) in [7, 11) is 0. The molecule has 1 aromatic heterocycles. The van der Waals surface area contributed by atoms with Crippen LogP contribution < -0.4 is 0 Å². The Morgan fingerprint density at radius 3 is 1.77 bits per heavy atom. The summed E-state index contributed by atoms with van der Waals surface area (Å²) >= 11 is 0. The first-order valence-corrected chi connectivity index (χ1v) is 14.5. The monoisotopic (exact) mass is 550 g/mol. The van der Waals surface area contributed by atoms with Gasteiger partial charge in [-0.25, -0.2) is 0 Å². The van der Waals surface area contributed by atoms with E-state index in [0.717, 1.165) is 33.0 Å². The standard InChI is InChI=1S/C42H26O/c1-2-14-28(15-3-1)39-33-19-8-10-21-35(33)40(36-22-11-9-20-34(36)39)31-18-7-6-17-30(31)32-23-12-24-38-41(32)37-26-25-27-13-4-5-16-29(27)42(37)43-38/h1-26H/i4D,5D,13D,16D. The minimum atomic E-state index is -0.265. The highest BCUT2D eigenvalue weighted by atomic mass is 16.3. The second-order valence-electron chi connectivity index (χ2n) is 10.9. The topological polar surface area (TPSA) is 13.1 Å². The van der Waals surface area contributed by atoms with E-state index in [1.807, 2.05) is 18.2 Å². The van der Waals surface area contributed by atoms with Gasteiger partial charge >= 0.3 is 0 Å². The fourth-order valence-electron chi connectivity index (χ4n) is 6.80. The fraction of sp³-hybridized carbons (Fsp3) is 0. The van der Waals surface area contributed by atoms with Gasteiger partial charge in [-0.1, -0.05) is 145 Å². The molecule has 1 nitrogen and oxygen atoms in total. The zero-order valence-electron chi connectivity index (χ0n) is 27.1. The third-order valence-corrected chi connectivity index (χ3v) is 8.59. The molecule has 0 saturated carbocycles. The van der Waals surface area contributed by atoms with E-state index in [1.165, 1.54) is 32.7 Å². The SMILES string of the molecule is [2H]c1c([2H])c([2H])c2c(ccc3c2oc2cccc(-c4ccccc4-c4c5ccccc5c(-c5ccccc5)c5ccccc45)c23)c1[2H]. The number of hydrogen-bond donors (Lipinski definition) is 0. The van der Waals surface area contributed by atoms with Crippen LogP contribution in [0.5, 0.6) is 0 Å². The van der Waals surface area contributed by atoms with Crippen molar-refractivity contribution in [1.82, 2.24) is 0 Å². The van der Waals surface area contributed by atoms with E-state index in [1.54, 1.807) is 6.07 Å². The molecule has 200 valence electrons. The van der Waals surface area contributed by atoms with Crippen LogP contribution in [-0.4, -0.2) is 0 Å². The van der Waals surface area contributed by atoms with Gasteiger partial charge in [0.2, 0.25) is 0 Å². The van der Waals surface area contributed by atoms with E-state index < -0.39 is 0 Å². The van der Waals surface area contributed by atoms with Crippen molar-refractivity contribution in [1.29, 1.82) is 0 Å². The molecule has 9 rings (SSSR count). The second-order valence-corrected chi connectivity index (χ2v) is 10.9. The summed E-state index contributed by atoms with van der Waals surface area (Å²) < 4.78 is 40.2. The molecule has 0 saturated heterocycles. The highest BCUT2D eigenvalue weighted by Crippen LogP contribution is 2.47. The molecule has 0 fully saturated rings. The Kier molecular flexibility index (Phi) is 4.45.